The van der Waals surface area contributed by atoms with Crippen molar-refractivity contribution in [1.82, 2.24) is 20.1 Å². The Kier molecular flexibility index (Phi) is 4.28. The second-order valence-electron chi connectivity index (χ2n) is 3.85. The van der Waals surface area contributed by atoms with Gasteiger partial charge in [-0.3, -0.25) is 0 Å². The van der Waals surface area contributed by atoms with E-state index in [-0.39, 0.29) is 5.82 Å². The van der Waals surface area contributed by atoms with Crippen molar-refractivity contribution in [3.8, 4) is 0 Å². The van der Waals surface area contributed by atoms with Crippen LogP contribution in [0.2, 0.25) is 5.02 Å². The van der Waals surface area contributed by atoms with Crippen LogP contribution in [-0.4, -0.2) is 21.3 Å². The minimum Gasteiger partial charge on any atom is -0.310 e. The number of hydrogen-bond acceptors (Lipinski definition) is 3. The fraction of sp³-hybridized carbons (Fsp3) is 0.333. The number of halogens is 2. The first-order valence-electron chi connectivity index (χ1n) is 5.72. The normalized spacial score (nSPS) is 10.8. The van der Waals surface area contributed by atoms with E-state index in [1.54, 1.807) is 16.8 Å². The van der Waals surface area contributed by atoms with Gasteiger partial charge in [-0.1, -0.05) is 24.6 Å². The second-order valence-corrected chi connectivity index (χ2v) is 4.29. The highest BCUT2D eigenvalue weighted by Crippen LogP contribution is 2.15. The zero-order valence-corrected chi connectivity index (χ0v) is 10.8. The van der Waals surface area contributed by atoms with E-state index in [2.05, 4.69) is 15.4 Å². The highest BCUT2D eigenvalue weighted by molar-refractivity contribution is 6.30. The molecule has 0 aliphatic carbocycles. The van der Waals surface area contributed by atoms with Crippen molar-refractivity contribution in [3.05, 3.63) is 46.8 Å². The van der Waals surface area contributed by atoms with Gasteiger partial charge in [0.05, 0.1) is 13.1 Å². The lowest BCUT2D eigenvalue weighted by molar-refractivity contribution is 0.560. The highest BCUT2D eigenvalue weighted by atomic mass is 35.5. The summed E-state index contributed by atoms with van der Waals surface area (Å²) in [5.74, 6) is 0.457. The van der Waals surface area contributed by atoms with Crippen LogP contribution in [0.15, 0.2) is 24.5 Å². The molecule has 18 heavy (non-hydrogen) atoms. The standard InChI is InChI=1S/C12H14ClFN4/c1-2-15-6-12-16-8-17-18(12)7-9-3-4-10(13)5-11(9)14/h3-5,8,15H,2,6-7H2,1H3. The van der Waals surface area contributed by atoms with E-state index < -0.39 is 0 Å². The molecule has 1 aromatic heterocycles. The molecule has 2 aromatic rings. The molecule has 0 spiro atoms. The predicted molar refractivity (Wildman–Crippen MR) is 67.9 cm³/mol. The summed E-state index contributed by atoms with van der Waals surface area (Å²) in [5, 5.41) is 7.65. The van der Waals surface area contributed by atoms with Crippen LogP contribution in [0.4, 0.5) is 4.39 Å². The van der Waals surface area contributed by atoms with Gasteiger partial charge in [-0.05, 0) is 18.7 Å². The van der Waals surface area contributed by atoms with Crippen molar-refractivity contribution in [2.75, 3.05) is 6.54 Å². The van der Waals surface area contributed by atoms with E-state index >= 15 is 0 Å². The molecular formula is C12H14ClFN4. The molecule has 0 amide bonds. The Morgan fingerprint density at radius 1 is 1.44 bits per heavy atom. The molecular weight excluding hydrogens is 255 g/mol. The van der Waals surface area contributed by atoms with Gasteiger partial charge in [-0.25, -0.2) is 14.1 Å². The zero-order chi connectivity index (χ0) is 13.0. The molecule has 1 heterocycles. The Morgan fingerprint density at radius 3 is 3.00 bits per heavy atom. The third kappa shape index (κ3) is 3.05. The number of hydrogen-bond donors (Lipinski definition) is 1. The number of benzene rings is 1. The lowest BCUT2D eigenvalue weighted by atomic mass is 10.2. The molecule has 0 radical (unpaired) electrons. The van der Waals surface area contributed by atoms with Gasteiger partial charge >= 0.3 is 0 Å². The van der Waals surface area contributed by atoms with E-state index in [1.165, 1.54) is 12.4 Å². The monoisotopic (exact) mass is 268 g/mol. The SMILES string of the molecule is CCNCc1ncnn1Cc1ccc(Cl)cc1F. The van der Waals surface area contributed by atoms with E-state index in [9.17, 15) is 4.39 Å². The van der Waals surface area contributed by atoms with Crippen LogP contribution in [0.5, 0.6) is 0 Å². The van der Waals surface area contributed by atoms with Gasteiger partial charge in [0, 0.05) is 10.6 Å². The fourth-order valence-electron chi connectivity index (χ4n) is 1.61. The summed E-state index contributed by atoms with van der Waals surface area (Å²) in [5.41, 5.74) is 0.544. The fourth-order valence-corrected chi connectivity index (χ4v) is 1.76. The maximum Gasteiger partial charge on any atom is 0.141 e. The number of rotatable bonds is 5. The predicted octanol–water partition coefficient (Wildman–Crippen LogP) is 2.23. The third-order valence-electron chi connectivity index (χ3n) is 2.56. The Labute approximate surface area is 110 Å². The molecule has 6 heteroatoms. The van der Waals surface area contributed by atoms with Crippen molar-refractivity contribution in [3.63, 3.8) is 0 Å². The Bertz CT molecular complexity index is 527. The van der Waals surface area contributed by atoms with Crippen molar-refractivity contribution in [1.29, 1.82) is 0 Å². The molecule has 0 bridgehead atoms. The van der Waals surface area contributed by atoms with Crippen LogP contribution < -0.4 is 5.32 Å². The molecule has 2 rings (SSSR count). The van der Waals surface area contributed by atoms with Gasteiger partial charge in [0.2, 0.25) is 0 Å². The second kappa shape index (κ2) is 5.93. The average Bonchev–Trinajstić information content (AvgIpc) is 2.77. The molecule has 0 fully saturated rings. The Morgan fingerprint density at radius 2 is 2.28 bits per heavy atom. The molecule has 96 valence electrons. The summed E-state index contributed by atoms with van der Waals surface area (Å²) in [6.07, 6.45) is 1.47. The summed E-state index contributed by atoms with van der Waals surface area (Å²) in [6, 6.07) is 4.63. The minimum absolute atomic E-state index is 0.326. The molecule has 0 aliphatic heterocycles. The summed E-state index contributed by atoms with van der Waals surface area (Å²) in [7, 11) is 0. The molecule has 0 aliphatic rings. The van der Waals surface area contributed by atoms with Crippen LogP contribution in [0.25, 0.3) is 0 Å². The van der Waals surface area contributed by atoms with Crippen molar-refractivity contribution >= 4 is 11.6 Å². The molecule has 1 aromatic carbocycles. The van der Waals surface area contributed by atoms with E-state index in [4.69, 9.17) is 11.6 Å². The third-order valence-corrected chi connectivity index (χ3v) is 2.80. The van der Waals surface area contributed by atoms with Crippen LogP contribution in [0, 0.1) is 5.82 Å². The smallest absolute Gasteiger partial charge is 0.141 e. The maximum atomic E-state index is 13.7. The van der Waals surface area contributed by atoms with Gasteiger partial charge in [-0.2, -0.15) is 5.10 Å². The lowest BCUT2D eigenvalue weighted by Gasteiger charge is -2.07. The number of nitrogens with one attached hydrogen (secondary N) is 1. The summed E-state index contributed by atoms with van der Waals surface area (Å²) in [4.78, 5) is 4.14. The van der Waals surface area contributed by atoms with E-state index in [0.717, 1.165) is 12.4 Å². The van der Waals surface area contributed by atoms with Crippen molar-refractivity contribution < 1.29 is 4.39 Å². The Hall–Kier alpha value is -1.46. The van der Waals surface area contributed by atoms with Gasteiger partial charge in [0.15, 0.2) is 0 Å². The number of nitrogens with zero attached hydrogens (tertiary/aromatic N) is 3. The van der Waals surface area contributed by atoms with Crippen LogP contribution in [0.1, 0.15) is 18.3 Å². The maximum absolute atomic E-state index is 13.7. The van der Waals surface area contributed by atoms with Crippen molar-refractivity contribution in [2.45, 2.75) is 20.0 Å². The first-order chi connectivity index (χ1) is 8.70. The minimum atomic E-state index is -0.326. The van der Waals surface area contributed by atoms with Crippen molar-refractivity contribution in [2.24, 2.45) is 0 Å². The van der Waals surface area contributed by atoms with Gasteiger partial charge in [0.25, 0.3) is 0 Å². The lowest BCUT2D eigenvalue weighted by Crippen LogP contribution is -2.17. The van der Waals surface area contributed by atoms with E-state index in [1.807, 2.05) is 6.92 Å². The topological polar surface area (TPSA) is 42.7 Å². The largest absolute Gasteiger partial charge is 0.310 e. The van der Waals surface area contributed by atoms with Gasteiger partial charge < -0.3 is 5.32 Å². The highest BCUT2D eigenvalue weighted by Gasteiger charge is 2.08. The number of aromatic nitrogens is 3. The first-order valence-corrected chi connectivity index (χ1v) is 6.10. The van der Waals surface area contributed by atoms with E-state index in [0.29, 0.717) is 23.7 Å². The quantitative estimate of drug-likeness (QED) is 0.904. The molecule has 4 nitrogen and oxygen atoms in total. The molecule has 0 saturated heterocycles. The van der Waals surface area contributed by atoms with Gasteiger partial charge in [-0.15, -0.1) is 0 Å². The molecule has 0 saturated carbocycles. The molecule has 0 atom stereocenters. The summed E-state index contributed by atoms with van der Waals surface area (Å²) >= 11 is 5.71. The molecule has 0 unspecified atom stereocenters. The van der Waals surface area contributed by atoms with Gasteiger partial charge in [0.1, 0.15) is 18.0 Å². The summed E-state index contributed by atoms with van der Waals surface area (Å²) in [6.45, 7) is 3.83. The average molecular weight is 269 g/mol. The van der Waals surface area contributed by atoms with Crippen LogP contribution in [-0.2, 0) is 13.1 Å². The zero-order valence-electron chi connectivity index (χ0n) is 10.0. The first kappa shape index (κ1) is 13.0. The molecule has 1 N–H and O–H groups in total. The van der Waals surface area contributed by atoms with Crippen LogP contribution in [0.3, 0.4) is 0 Å². The Balaban J connectivity index is 2.15. The van der Waals surface area contributed by atoms with Crippen LogP contribution >= 0.6 is 11.6 Å². The summed E-state index contributed by atoms with van der Waals surface area (Å²) < 4.78 is 15.3.